The van der Waals surface area contributed by atoms with Crippen LogP contribution in [0.4, 0.5) is 5.82 Å². The summed E-state index contributed by atoms with van der Waals surface area (Å²) in [6.07, 6.45) is 1.76. The Kier molecular flexibility index (Phi) is 4.90. The molecule has 1 aromatic rings. The third-order valence-corrected chi connectivity index (χ3v) is 2.43. The van der Waals surface area contributed by atoms with Crippen LogP contribution in [0.5, 0.6) is 0 Å². The van der Waals surface area contributed by atoms with Crippen molar-refractivity contribution in [1.29, 1.82) is 0 Å². The van der Waals surface area contributed by atoms with E-state index in [0.717, 1.165) is 18.5 Å². The fourth-order valence-corrected chi connectivity index (χ4v) is 1.59. The number of hydrogen-bond acceptors (Lipinski definition) is 4. The lowest BCUT2D eigenvalue weighted by atomic mass is 10.1. The minimum Gasteiger partial charge on any atom is -0.395 e. The summed E-state index contributed by atoms with van der Waals surface area (Å²) in [7, 11) is 1.65. The van der Waals surface area contributed by atoms with Gasteiger partial charge in [0.1, 0.15) is 5.82 Å². The van der Waals surface area contributed by atoms with Crippen LogP contribution in [-0.2, 0) is 6.42 Å². The molecule has 0 saturated heterocycles. The summed E-state index contributed by atoms with van der Waals surface area (Å²) in [5.41, 5.74) is 7.02. The van der Waals surface area contributed by atoms with Gasteiger partial charge in [0.15, 0.2) is 0 Å². The number of carbonyl (C=O) groups is 1. The fraction of sp³-hybridized carbons (Fsp3) is 0.500. The van der Waals surface area contributed by atoms with Crippen molar-refractivity contribution in [3.05, 3.63) is 23.4 Å². The molecule has 17 heavy (non-hydrogen) atoms. The highest BCUT2D eigenvalue weighted by Gasteiger charge is 2.13. The van der Waals surface area contributed by atoms with Crippen LogP contribution in [0.25, 0.3) is 0 Å². The van der Waals surface area contributed by atoms with Gasteiger partial charge in [-0.05, 0) is 18.6 Å². The maximum Gasteiger partial charge on any atom is 0.253 e. The molecule has 0 aliphatic rings. The minimum absolute atomic E-state index is 0.0510. The molecule has 1 amide bonds. The zero-order valence-corrected chi connectivity index (χ0v) is 10.3. The van der Waals surface area contributed by atoms with E-state index < -0.39 is 0 Å². The van der Waals surface area contributed by atoms with Gasteiger partial charge in [0, 0.05) is 24.8 Å². The van der Waals surface area contributed by atoms with E-state index in [1.165, 1.54) is 4.90 Å². The third-order valence-electron chi connectivity index (χ3n) is 2.43. The van der Waals surface area contributed by atoms with Gasteiger partial charge in [-0.25, -0.2) is 4.98 Å². The maximum atomic E-state index is 12.0. The Morgan fingerprint density at radius 3 is 2.82 bits per heavy atom. The van der Waals surface area contributed by atoms with Gasteiger partial charge in [0.05, 0.1) is 6.61 Å². The molecular weight excluding hydrogens is 218 g/mol. The quantitative estimate of drug-likeness (QED) is 0.789. The highest BCUT2D eigenvalue weighted by Crippen LogP contribution is 2.11. The number of nitrogen functional groups attached to an aromatic ring is 1. The second-order valence-corrected chi connectivity index (χ2v) is 3.97. The topological polar surface area (TPSA) is 79.5 Å². The number of aliphatic hydroxyl groups excluding tert-OH is 1. The first-order valence-corrected chi connectivity index (χ1v) is 5.71. The fourth-order valence-electron chi connectivity index (χ4n) is 1.59. The Morgan fingerprint density at radius 2 is 2.24 bits per heavy atom. The van der Waals surface area contributed by atoms with Crippen LogP contribution in [0.15, 0.2) is 12.1 Å². The zero-order chi connectivity index (χ0) is 12.8. The van der Waals surface area contributed by atoms with Crippen LogP contribution in [-0.4, -0.2) is 41.1 Å². The average molecular weight is 237 g/mol. The van der Waals surface area contributed by atoms with Crippen molar-refractivity contribution in [3.8, 4) is 0 Å². The Hall–Kier alpha value is -1.62. The number of carbonyl (C=O) groups excluding carboxylic acids is 1. The Balaban J connectivity index is 2.92. The summed E-state index contributed by atoms with van der Waals surface area (Å²) < 4.78 is 0. The van der Waals surface area contributed by atoms with Crippen LogP contribution in [0.3, 0.4) is 0 Å². The Morgan fingerprint density at radius 1 is 1.53 bits per heavy atom. The van der Waals surface area contributed by atoms with Crippen LogP contribution in [0.2, 0.25) is 0 Å². The van der Waals surface area contributed by atoms with Crippen LogP contribution in [0.1, 0.15) is 29.4 Å². The second-order valence-electron chi connectivity index (χ2n) is 3.97. The largest absolute Gasteiger partial charge is 0.395 e. The normalized spacial score (nSPS) is 10.3. The van der Waals surface area contributed by atoms with E-state index in [9.17, 15) is 4.79 Å². The molecule has 5 heteroatoms. The number of likely N-dealkylation sites (N-methyl/N-ethyl adjacent to an activating group) is 1. The molecule has 5 nitrogen and oxygen atoms in total. The van der Waals surface area contributed by atoms with Crippen molar-refractivity contribution in [3.63, 3.8) is 0 Å². The van der Waals surface area contributed by atoms with Crippen LogP contribution < -0.4 is 5.73 Å². The van der Waals surface area contributed by atoms with Crippen molar-refractivity contribution < 1.29 is 9.90 Å². The summed E-state index contributed by atoms with van der Waals surface area (Å²) in [4.78, 5) is 17.6. The molecule has 0 aliphatic carbocycles. The molecule has 1 heterocycles. The molecule has 0 bridgehead atoms. The molecule has 0 radical (unpaired) electrons. The van der Waals surface area contributed by atoms with E-state index in [2.05, 4.69) is 4.98 Å². The average Bonchev–Trinajstić information content (AvgIpc) is 2.28. The monoisotopic (exact) mass is 237 g/mol. The van der Waals surface area contributed by atoms with E-state index in [0.29, 0.717) is 17.9 Å². The Bertz CT molecular complexity index is 393. The maximum absolute atomic E-state index is 12.0. The predicted octanol–water partition coefficient (Wildman–Crippen LogP) is 0.681. The molecule has 0 fully saturated rings. The first-order chi connectivity index (χ1) is 8.08. The summed E-state index contributed by atoms with van der Waals surface area (Å²) in [5, 5.41) is 8.79. The van der Waals surface area contributed by atoms with E-state index in [4.69, 9.17) is 10.8 Å². The zero-order valence-electron chi connectivity index (χ0n) is 10.3. The summed E-state index contributed by atoms with van der Waals surface area (Å²) in [5.74, 6) is 0.210. The highest BCUT2D eigenvalue weighted by atomic mass is 16.3. The van der Waals surface area contributed by atoms with E-state index >= 15 is 0 Å². The minimum atomic E-state index is -0.148. The SMILES string of the molecule is CCCc1cc(C(=O)N(C)CCO)cc(N)n1. The number of aromatic nitrogens is 1. The number of hydrogen-bond donors (Lipinski definition) is 2. The summed E-state index contributed by atoms with van der Waals surface area (Å²) in [6.45, 7) is 2.30. The van der Waals surface area contributed by atoms with Crippen LogP contribution in [0, 0.1) is 0 Å². The molecule has 94 valence electrons. The lowest BCUT2D eigenvalue weighted by Crippen LogP contribution is -2.29. The number of pyridine rings is 1. The number of nitrogens with zero attached hydrogens (tertiary/aromatic N) is 2. The van der Waals surface area contributed by atoms with Gasteiger partial charge in [-0.3, -0.25) is 4.79 Å². The van der Waals surface area contributed by atoms with Gasteiger partial charge in [0.2, 0.25) is 0 Å². The molecule has 1 aromatic heterocycles. The number of aryl methyl sites for hydroxylation is 1. The Labute approximate surface area is 101 Å². The second kappa shape index (κ2) is 6.20. The van der Waals surface area contributed by atoms with Gasteiger partial charge < -0.3 is 15.7 Å². The summed E-state index contributed by atoms with van der Waals surface area (Å²) >= 11 is 0. The third kappa shape index (κ3) is 3.71. The van der Waals surface area contributed by atoms with Gasteiger partial charge in [-0.15, -0.1) is 0 Å². The van der Waals surface area contributed by atoms with E-state index in [-0.39, 0.29) is 12.5 Å². The molecule has 1 rings (SSSR count). The van der Waals surface area contributed by atoms with Crippen molar-refractivity contribution in [1.82, 2.24) is 9.88 Å². The lowest BCUT2D eigenvalue weighted by molar-refractivity contribution is 0.0767. The molecule has 0 spiro atoms. The number of nitrogens with two attached hydrogens (primary N) is 1. The molecule has 3 N–H and O–H groups in total. The number of anilines is 1. The smallest absolute Gasteiger partial charge is 0.253 e. The molecule has 0 atom stereocenters. The van der Waals surface area contributed by atoms with E-state index in [1.54, 1.807) is 19.2 Å². The van der Waals surface area contributed by atoms with Crippen LogP contribution >= 0.6 is 0 Å². The molecule has 0 aliphatic heterocycles. The van der Waals surface area contributed by atoms with Crippen molar-refractivity contribution in [2.45, 2.75) is 19.8 Å². The number of rotatable bonds is 5. The van der Waals surface area contributed by atoms with Crippen molar-refractivity contribution in [2.24, 2.45) is 0 Å². The molecule has 0 aromatic carbocycles. The standard InChI is InChI=1S/C12H19N3O2/c1-3-4-10-7-9(8-11(13)14-10)12(17)15(2)5-6-16/h7-8,16H,3-6H2,1-2H3,(H2,13,14). The van der Waals surface area contributed by atoms with Gasteiger partial charge in [0.25, 0.3) is 5.91 Å². The predicted molar refractivity (Wildman–Crippen MR) is 66.7 cm³/mol. The first kappa shape index (κ1) is 13.4. The van der Waals surface area contributed by atoms with E-state index in [1.807, 2.05) is 6.92 Å². The highest BCUT2D eigenvalue weighted by molar-refractivity contribution is 5.94. The molecular formula is C12H19N3O2. The lowest BCUT2D eigenvalue weighted by Gasteiger charge is -2.16. The first-order valence-electron chi connectivity index (χ1n) is 5.71. The summed E-state index contributed by atoms with van der Waals surface area (Å²) in [6, 6.07) is 3.32. The number of amides is 1. The van der Waals surface area contributed by atoms with Gasteiger partial charge in [-0.2, -0.15) is 0 Å². The van der Waals surface area contributed by atoms with Gasteiger partial charge in [-0.1, -0.05) is 13.3 Å². The van der Waals surface area contributed by atoms with Crippen molar-refractivity contribution >= 4 is 11.7 Å². The molecule has 0 saturated carbocycles. The molecule has 0 unspecified atom stereocenters. The number of aliphatic hydroxyl groups is 1. The van der Waals surface area contributed by atoms with Crippen molar-refractivity contribution in [2.75, 3.05) is 25.9 Å². The van der Waals surface area contributed by atoms with Gasteiger partial charge >= 0.3 is 0 Å².